The molecule has 0 atom stereocenters. The van der Waals surface area contributed by atoms with E-state index in [1.165, 1.54) is 0 Å². The number of nitrogens with zero attached hydrogens (tertiary/aromatic N) is 5. The van der Waals surface area contributed by atoms with Gasteiger partial charge in [-0.3, -0.25) is 9.48 Å². The Morgan fingerprint density at radius 1 is 1.39 bits per heavy atom. The summed E-state index contributed by atoms with van der Waals surface area (Å²) in [6.45, 7) is 4.39. The fourth-order valence-electron chi connectivity index (χ4n) is 2.90. The number of hydrogen-bond donors (Lipinski definition) is 0. The highest BCUT2D eigenvalue weighted by molar-refractivity contribution is 5.95. The minimum Gasteiger partial charge on any atom is -0.469 e. The number of fused-ring (bicyclic) bond motifs is 1. The van der Waals surface area contributed by atoms with Crippen LogP contribution in [-0.2, 0) is 19.6 Å². The quantitative estimate of drug-likeness (QED) is 0.738. The lowest BCUT2D eigenvalue weighted by molar-refractivity contribution is 0.0705. The SMILES string of the molecule is Cc1occc1C(=O)N1CCn2cc(Cn3cccn3)nc2C1. The van der Waals surface area contributed by atoms with Crippen molar-refractivity contribution in [2.45, 2.75) is 26.6 Å². The molecule has 0 radical (unpaired) electrons. The Hall–Kier alpha value is -2.83. The molecule has 0 N–H and O–H groups in total. The van der Waals surface area contributed by atoms with Crippen molar-refractivity contribution in [2.75, 3.05) is 6.54 Å². The maximum Gasteiger partial charge on any atom is 0.257 e. The second kappa shape index (κ2) is 5.42. The molecule has 0 aliphatic carbocycles. The largest absolute Gasteiger partial charge is 0.469 e. The summed E-state index contributed by atoms with van der Waals surface area (Å²) < 4.78 is 9.19. The first kappa shape index (κ1) is 13.8. The number of rotatable bonds is 3. The second-order valence-corrected chi connectivity index (χ2v) is 5.66. The Morgan fingerprint density at radius 3 is 3.04 bits per heavy atom. The van der Waals surface area contributed by atoms with E-state index in [0.29, 0.717) is 31.0 Å². The molecule has 23 heavy (non-hydrogen) atoms. The van der Waals surface area contributed by atoms with Gasteiger partial charge in [-0.15, -0.1) is 0 Å². The first-order valence-corrected chi connectivity index (χ1v) is 7.56. The lowest BCUT2D eigenvalue weighted by atomic mass is 10.2. The van der Waals surface area contributed by atoms with Gasteiger partial charge in [-0.1, -0.05) is 0 Å². The molecule has 4 heterocycles. The van der Waals surface area contributed by atoms with Gasteiger partial charge in [-0.25, -0.2) is 4.98 Å². The van der Waals surface area contributed by atoms with E-state index < -0.39 is 0 Å². The van der Waals surface area contributed by atoms with Crippen molar-refractivity contribution in [2.24, 2.45) is 0 Å². The molecule has 0 unspecified atom stereocenters. The van der Waals surface area contributed by atoms with Crippen LogP contribution in [-0.4, -0.2) is 36.7 Å². The molecular weight excluding hydrogens is 294 g/mol. The molecule has 0 saturated carbocycles. The van der Waals surface area contributed by atoms with Gasteiger partial charge < -0.3 is 13.9 Å². The molecule has 0 spiro atoms. The summed E-state index contributed by atoms with van der Waals surface area (Å²) in [6, 6.07) is 3.62. The lowest BCUT2D eigenvalue weighted by Crippen LogP contribution is -2.38. The second-order valence-electron chi connectivity index (χ2n) is 5.66. The van der Waals surface area contributed by atoms with Crippen molar-refractivity contribution < 1.29 is 9.21 Å². The minimum absolute atomic E-state index is 0.000809. The molecule has 0 bridgehead atoms. The summed E-state index contributed by atoms with van der Waals surface area (Å²) >= 11 is 0. The molecule has 1 amide bonds. The van der Waals surface area contributed by atoms with Crippen molar-refractivity contribution >= 4 is 5.91 Å². The number of aryl methyl sites for hydroxylation is 1. The van der Waals surface area contributed by atoms with E-state index in [0.717, 1.165) is 18.1 Å². The summed E-state index contributed by atoms with van der Waals surface area (Å²) in [5.41, 5.74) is 1.58. The van der Waals surface area contributed by atoms with Crippen LogP contribution in [0.15, 0.2) is 41.4 Å². The van der Waals surface area contributed by atoms with Crippen molar-refractivity contribution in [3.8, 4) is 0 Å². The molecule has 0 saturated heterocycles. The zero-order chi connectivity index (χ0) is 15.8. The number of hydrogen-bond acceptors (Lipinski definition) is 4. The van der Waals surface area contributed by atoms with Crippen LogP contribution in [0.4, 0.5) is 0 Å². The molecule has 3 aromatic rings. The Bertz CT molecular complexity index is 831. The maximum atomic E-state index is 12.6. The Labute approximate surface area is 133 Å². The van der Waals surface area contributed by atoms with E-state index in [9.17, 15) is 4.79 Å². The van der Waals surface area contributed by atoms with E-state index in [1.54, 1.807) is 25.5 Å². The molecule has 0 aromatic carbocycles. The van der Waals surface area contributed by atoms with E-state index in [-0.39, 0.29) is 5.91 Å². The van der Waals surface area contributed by atoms with Gasteiger partial charge >= 0.3 is 0 Å². The van der Waals surface area contributed by atoms with Crippen LogP contribution in [0.2, 0.25) is 0 Å². The van der Waals surface area contributed by atoms with Crippen LogP contribution in [0, 0.1) is 6.92 Å². The highest BCUT2D eigenvalue weighted by Crippen LogP contribution is 2.18. The zero-order valence-electron chi connectivity index (χ0n) is 12.8. The molecule has 3 aromatic heterocycles. The topological polar surface area (TPSA) is 69.1 Å². The van der Waals surface area contributed by atoms with E-state index in [1.807, 2.05) is 28.0 Å². The van der Waals surface area contributed by atoms with Crippen LogP contribution in [0.3, 0.4) is 0 Å². The van der Waals surface area contributed by atoms with Gasteiger partial charge in [0.15, 0.2) is 0 Å². The summed E-state index contributed by atoms with van der Waals surface area (Å²) in [5, 5.41) is 4.20. The van der Waals surface area contributed by atoms with Crippen molar-refractivity contribution in [3.05, 3.63) is 59.8 Å². The third-order valence-corrected chi connectivity index (χ3v) is 4.11. The van der Waals surface area contributed by atoms with Crippen LogP contribution in [0.25, 0.3) is 0 Å². The van der Waals surface area contributed by atoms with Crippen LogP contribution >= 0.6 is 0 Å². The van der Waals surface area contributed by atoms with Gasteiger partial charge in [-0.2, -0.15) is 5.10 Å². The van der Waals surface area contributed by atoms with Gasteiger partial charge in [0.2, 0.25) is 0 Å². The standard InChI is InChI=1S/C16H17N5O2/c1-12-14(3-8-23-12)16(22)20-7-6-19-9-13(18-15(19)11-20)10-21-5-2-4-17-21/h2-5,8-9H,6-7,10-11H2,1H3. The molecule has 0 fully saturated rings. The Morgan fingerprint density at radius 2 is 2.30 bits per heavy atom. The average Bonchev–Trinajstić information content (AvgIpc) is 3.26. The number of amides is 1. The first-order valence-electron chi connectivity index (χ1n) is 7.56. The number of carbonyl (C=O) groups excluding carboxylic acids is 1. The fraction of sp³-hybridized carbons (Fsp3) is 0.312. The zero-order valence-corrected chi connectivity index (χ0v) is 12.8. The highest BCUT2D eigenvalue weighted by atomic mass is 16.3. The predicted molar refractivity (Wildman–Crippen MR) is 81.7 cm³/mol. The number of carbonyl (C=O) groups is 1. The number of aromatic nitrogens is 4. The maximum absolute atomic E-state index is 12.6. The van der Waals surface area contributed by atoms with Gasteiger partial charge in [0.25, 0.3) is 5.91 Å². The van der Waals surface area contributed by atoms with Gasteiger partial charge in [-0.05, 0) is 19.1 Å². The fourth-order valence-corrected chi connectivity index (χ4v) is 2.90. The van der Waals surface area contributed by atoms with E-state index in [2.05, 4.69) is 14.6 Å². The summed E-state index contributed by atoms with van der Waals surface area (Å²) in [6.07, 6.45) is 7.26. The molecule has 118 valence electrons. The summed E-state index contributed by atoms with van der Waals surface area (Å²) in [4.78, 5) is 19.0. The van der Waals surface area contributed by atoms with Crippen LogP contribution < -0.4 is 0 Å². The molecule has 4 rings (SSSR count). The summed E-state index contributed by atoms with van der Waals surface area (Å²) in [7, 11) is 0. The first-order chi connectivity index (χ1) is 11.2. The van der Waals surface area contributed by atoms with Gasteiger partial charge in [0, 0.05) is 31.7 Å². The van der Waals surface area contributed by atoms with Gasteiger partial charge in [0.1, 0.15) is 11.6 Å². The highest BCUT2D eigenvalue weighted by Gasteiger charge is 2.25. The molecule has 7 nitrogen and oxygen atoms in total. The molecule has 1 aliphatic heterocycles. The third-order valence-electron chi connectivity index (χ3n) is 4.11. The smallest absolute Gasteiger partial charge is 0.257 e. The van der Waals surface area contributed by atoms with Crippen molar-refractivity contribution in [1.29, 1.82) is 0 Å². The molecule has 1 aliphatic rings. The number of imidazole rings is 1. The van der Waals surface area contributed by atoms with E-state index in [4.69, 9.17) is 4.42 Å². The third kappa shape index (κ3) is 2.54. The van der Waals surface area contributed by atoms with Crippen molar-refractivity contribution in [3.63, 3.8) is 0 Å². The normalized spacial score (nSPS) is 14.0. The minimum atomic E-state index is -0.000809. The Kier molecular flexibility index (Phi) is 3.25. The van der Waals surface area contributed by atoms with Crippen LogP contribution in [0.1, 0.15) is 27.6 Å². The van der Waals surface area contributed by atoms with Gasteiger partial charge in [0.05, 0.1) is 30.6 Å². The average molecular weight is 311 g/mol. The predicted octanol–water partition coefficient (Wildman–Crippen LogP) is 1.69. The van der Waals surface area contributed by atoms with Crippen molar-refractivity contribution in [1.82, 2.24) is 24.2 Å². The van der Waals surface area contributed by atoms with E-state index >= 15 is 0 Å². The number of furan rings is 1. The van der Waals surface area contributed by atoms with Crippen LogP contribution in [0.5, 0.6) is 0 Å². The molecular formula is C16H17N5O2. The monoisotopic (exact) mass is 311 g/mol. The molecule has 7 heteroatoms. The summed E-state index contributed by atoms with van der Waals surface area (Å²) in [5.74, 6) is 1.57. The Balaban J connectivity index is 1.52. The lowest BCUT2D eigenvalue weighted by Gasteiger charge is -2.27.